The van der Waals surface area contributed by atoms with E-state index in [2.05, 4.69) is 10.3 Å². The summed E-state index contributed by atoms with van der Waals surface area (Å²) < 4.78 is 6.49. The van der Waals surface area contributed by atoms with E-state index in [1.807, 2.05) is 36.4 Å². The predicted octanol–water partition coefficient (Wildman–Crippen LogP) is 2.51. The average molecular weight is 395 g/mol. The molecule has 0 saturated carbocycles. The van der Waals surface area contributed by atoms with E-state index in [1.54, 1.807) is 6.07 Å². The minimum atomic E-state index is -0.252. The van der Waals surface area contributed by atoms with E-state index in [0.29, 0.717) is 41.5 Å². The normalized spacial score (nSPS) is 11.4. The highest BCUT2D eigenvalue weighted by Gasteiger charge is 2.17. The molecule has 6 N–H and O–H groups in total. The van der Waals surface area contributed by atoms with E-state index in [1.165, 1.54) is 23.8 Å². The van der Waals surface area contributed by atoms with Crippen LogP contribution in [0.2, 0.25) is 0 Å². The van der Waals surface area contributed by atoms with Crippen LogP contribution in [0.15, 0.2) is 48.7 Å². The second kappa shape index (κ2) is 9.12. The summed E-state index contributed by atoms with van der Waals surface area (Å²) in [4.78, 5) is 17.0. The SMILES string of the molecule is N=C/C(=C\N)c1cc(OCCN)c2nc(C(=O)NCc3ccccc3)sc2c1. The molecule has 3 aromatic rings. The van der Waals surface area contributed by atoms with Gasteiger partial charge in [0.25, 0.3) is 5.91 Å². The van der Waals surface area contributed by atoms with Crippen molar-refractivity contribution in [2.24, 2.45) is 11.5 Å². The Morgan fingerprint density at radius 3 is 2.75 bits per heavy atom. The standard InChI is InChI=1S/C20H21N5O2S/c21-6-7-27-16-8-14(15(10-22)11-23)9-17-18(16)25-20(28-17)19(26)24-12-13-4-2-1-3-5-13/h1-5,8-11,22H,6-7,12,21,23H2,(H,24,26)/b15-11+,22-10?. The molecular formula is C20H21N5O2S. The third-order valence-corrected chi connectivity index (χ3v) is 5.00. The van der Waals surface area contributed by atoms with Crippen LogP contribution in [0.1, 0.15) is 20.9 Å². The van der Waals surface area contributed by atoms with Crippen molar-refractivity contribution in [1.29, 1.82) is 5.41 Å². The Morgan fingerprint density at radius 1 is 1.29 bits per heavy atom. The molecule has 2 aromatic carbocycles. The Bertz CT molecular complexity index is 1010. The molecule has 144 valence electrons. The minimum absolute atomic E-state index is 0.252. The predicted molar refractivity (Wildman–Crippen MR) is 113 cm³/mol. The van der Waals surface area contributed by atoms with Gasteiger partial charge < -0.3 is 26.9 Å². The Hall–Kier alpha value is -3.23. The topological polar surface area (TPSA) is 127 Å². The summed E-state index contributed by atoms with van der Waals surface area (Å²) in [5, 5.41) is 10.7. The van der Waals surface area contributed by atoms with Crippen LogP contribution in [0, 0.1) is 5.41 Å². The third kappa shape index (κ3) is 4.36. The number of hydrogen-bond donors (Lipinski definition) is 4. The molecule has 0 atom stereocenters. The molecule has 0 unspecified atom stereocenters. The molecule has 0 bridgehead atoms. The summed E-state index contributed by atoms with van der Waals surface area (Å²) in [6, 6.07) is 13.3. The number of aromatic nitrogens is 1. The highest BCUT2D eigenvalue weighted by atomic mass is 32.1. The number of nitrogens with zero attached hydrogens (tertiary/aromatic N) is 1. The first-order valence-corrected chi connectivity index (χ1v) is 9.50. The van der Waals surface area contributed by atoms with Crippen LogP contribution in [0.3, 0.4) is 0 Å². The zero-order valence-corrected chi connectivity index (χ0v) is 16.0. The number of rotatable bonds is 8. The number of nitrogens with two attached hydrogens (primary N) is 2. The molecule has 0 aliphatic rings. The summed E-state index contributed by atoms with van der Waals surface area (Å²) in [5.41, 5.74) is 14.0. The zero-order valence-electron chi connectivity index (χ0n) is 15.1. The number of carbonyl (C=O) groups excluding carboxylic acids is 1. The van der Waals surface area contributed by atoms with Crippen molar-refractivity contribution in [3.63, 3.8) is 0 Å². The lowest BCUT2D eigenvalue weighted by Crippen LogP contribution is -2.22. The third-order valence-electron chi connectivity index (χ3n) is 3.99. The van der Waals surface area contributed by atoms with Gasteiger partial charge in [-0.1, -0.05) is 30.3 Å². The van der Waals surface area contributed by atoms with Crippen LogP contribution in [-0.4, -0.2) is 30.3 Å². The quantitative estimate of drug-likeness (QED) is 0.436. The molecule has 1 aromatic heterocycles. The van der Waals surface area contributed by atoms with E-state index in [0.717, 1.165) is 15.8 Å². The van der Waals surface area contributed by atoms with Crippen molar-refractivity contribution in [3.05, 3.63) is 64.8 Å². The number of carbonyl (C=O) groups is 1. The monoisotopic (exact) mass is 395 g/mol. The number of nitrogens with one attached hydrogen (secondary N) is 2. The maximum absolute atomic E-state index is 12.6. The molecule has 0 radical (unpaired) electrons. The van der Waals surface area contributed by atoms with Crippen molar-refractivity contribution in [2.45, 2.75) is 6.54 Å². The number of fused-ring (bicyclic) bond motifs is 1. The van der Waals surface area contributed by atoms with Crippen LogP contribution >= 0.6 is 11.3 Å². The highest BCUT2D eigenvalue weighted by molar-refractivity contribution is 7.20. The maximum Gasteiger partial charge on any atom is 0.280 e. The number of allylic oxidation sites excluding steroid dienone is 1. The van der Waals surface area contributed by atoms with Gasteiger partial charge in [0.2, 0.25) is 0 Å². The lowest BCUT2D eigenvalue weighted by molar-refractivity contribution is 0.0950. The van der Waals surface area contributed by atoms with E-state index in [4.69, 9.17) is 21.6 Å². The fourth-order valence-electron chi connectivity index (χ4n) is 2.62. The average Bonchev–Trinajstić information content (AvgIpc) is 3.16. The van der Waals surface area contributed by atoms with Crippen LogP contribution in [0.5, 0.6) is 5.75 Å². The number of thiazole rings is 1. The van der Waals surface area contributed by atoms with Crippen LogP contribution in [0.25, 0.3) is 15.8 Å². The molecule has 3 rings (SSSR count). The van der Waals surface area contributed by atoms with Crippen LogP contribution in [0.4, 0.5) is 0 Å². The first-order chi connectivity index (χ1) is 13.7. The molecular weight excluding hydrogens is 374 g/mol. The maximum atomic E-state index is 12.6. The van der Waals surface area contributed by atoms with E-state index >= 15 is 0 Å². The summed E-state index contributed by atoms with van der Waals surface area (Å²) in [5.74, 6) is 0.260. The van der Waals surface area contributed by atoms with Crippen LogP contribution in [-0.2, 0) is 6.54 Å². The number of benzene rings is 2. The molecule has 0 fully saturated rings. The Kier molecular flexibility index (Phi) is 6.36. The first kappa shape index (κ1) is 19.5. The molecule has 1 amide bonds. The van der Waals surface area contributed by atoms with E-state index in [-0.39, 0.29) is 5.91 Å². The molecule has 28 heavy (non-hydrogen) atoms. The first-order valence-electron chi connectivity index (χ1n) is 8.68. The number of ether oxygens (including phenoxy) is 1. The van der Waals surface area contributed by atoms with Gasteiger partial charge in [-0.25, -0.2) is 4.98 Å². The van der Waals surface area contributed by atoms with Gasteiger partial charge in [0.15, 0.2) is 5.01 Å². The van der Waals surface area contributed by atoms with Crippen molar-refractivity contribution < 1.29 is 9.53 Å². The second-order valence-electron chi connectivity index (χ2n) is 5.91. The van der Waals surface area contributed by atoms with Crippen molar-refractivity contribution >= 4 is 39.2 Å². The minimum Gasteiger partial charge on any atom is -0.490 e. The largest absolute Gasteiger partial charge is 0.490 e. The molecule has 0 aliphatic heterocycles. The van der Waals surface area contributed by atoms with Gasteiger partial charge in [0.1, 0.15) is 17.9 Å². The highest BCUT2D eigenvalue weighted by Crippen LogP contribution is 2.33. The smallest absolute Gasteiger partial charge is 0.280 e. The fourth-order valence-corrected chi connectivity index (χ4v) is 3.56. The van der Waals surface area contributed by atoms with Gasteiger partial charge >= 0.3 is 0 Å². The van der Waals surface area contributed by atoms with Crippen LogP contribution < -0.4 is 21.5 Å². The molecule has 7 nitrogen and oxygen atoms in total. The molecule has 0 aliphatic carbocycles. The van der Waals surface area contributed by atoms with E-state index < -0.39 is 0 Å². The van der Waals surface area contributed by atoms with Gasteiger partial charge in [-0.3, -0.25) is 4.79 Å². The van der Waals surface area contributed by atoms with Crippen molar-refractivity contribution in [1.82, 2.24) is 10.3 Å². The van der Waals surface area contributed by atoms with Gasteiger partial charge in [0, 0.05) is 31.1 Å². The number of hydrogen-bond acceptors (Lipinski definition) is 7. The van der Waals surface area contributed by atoms with Gasteiger partial charge in [0.05, 0.1) is 4.70 Å². The van der Waals surface area contributed by atoms with Gasteiger partial charge in [-0.05, 0) is 23.3 Å². The molecule has 0 spiro atoms. The summed E-state index contributed by atoms with van der Waals surface area (Å²) in [7, 11) is 0. The summed E-state index contributed by atoms with van der Waals surface area (Å²) in [6.45, 7) is 1.09. The lowest BCUT2D eigenvalue weighted by Gasteiger charge is -2.08. The summed E-state index contributed by atoms with van der Waals surface area (Å²) >= 11 is 1.26. The van der Waals surface area contributed by atoms with Gasteiger partial charge in [-0.15, -0.1) is 11.3 Å². The van der Waals surface area contributed by atoms with Gasteiger partial charge in [-0.2, -0.15) is 0 Å². The van der Waals surface area contributed by atoms with E-state index in [9.17, 15) is 4.79 Å². The van der Waals surface area contributed by atoms with Crippen molar-refractivity contribution in [3.8, 4) is 5.75 Å². The summed E-state index contributed by atoms with van der Waals surface area (Å²) in [6.07, 6.45) is 2.53. The Morgan fingerprint density at radius 2 is 2.07 bits per heavy atom. The zero-order chi connectivity index (χ0) is 19.9. The molecule has 1 heterocycles. The molecule has 0 saturated heterocycles. The lowest BCUT2D eigenvalue weighted by atomic mass is 10.1. The number of amides is 1. The molecule has 8 heteroatoms. The Balaban J connectivity index is 1.91. The Labute approximate surface area is 166 Å². The van der Waals surface area contributed by atoms with Crippen molar-refractivity contribution in [2.75, 3.05) is 13.2 Å². The fraction of sp³-hybridized carbons (Fsp3) is 0.150. The second-order valence-corrected chi connectivity index (χ2v) is 6.94.